The van der Waals surface area contributed by atoms with Gasteiger partial charge in [-0.15, -0.1) is 0 Å². The number of ether oxygens (including phenoxy) is 4. The van der Waals surface area contributed by atoms with Gasteiger partial charge in [-0.25, -0.2) is 9.59 Å². The van der Waals surface area contributed by atoms with Crippen molar-refractivity contribution in [1.29, 1.82) is 0 Å². The number of carbonyl (C=O) groups excluding carboxylic acids is 2. The smallest absolute Gasteiger partial charge is 0.337 e. The fourth-order valence-corrected chi connectivity index (χ4v) is 2.22. The van der Waals surface area contributed by atoms with Crippen LogP contribution in [0.15, 0.2) is 48.5 Å². The summed E-state index contributed by atoms with van der Waals surface area (Å²) in [6.45, 7) is 0.0494. The summed E-state index contributed by atoms with van der Waals surface area (Å²) < 4.78 is 20.3. The van der Waals surface area contributed by atoms with Crippen LogP contribution in [0, 0.1) is 0 Å². The van der Waals surface area contributed by atoms with Crippen molar-refractivity contribution in [3.8, 4) is 11.5 Å². The van der Waals surface area contributed by atoms with Crippen molar-refractivity contribution >= 4 is 18.0 Å². The Morgan fingerprint density at radius 2 is 1.81 bits per heavy atom. The van der Waals surface area contributed by atoms with Crippen LogP contribution in [-0.4, -0.2) is 33.3 Å². The van der Waals surface area contributed by atoms with Gasteiger partial charge in [-0.1, -0.05) is 12.1 Å². The Labute approximate surface area is 151 Å². The van der Waals surface area contributed by atoms with Crippen molar-refractivity contribution in [3.63, 3.8) is 0 Å². The van der Waals surface area contributed by atoms with Gasteiger partial charge in [0.15, 0.2) is 0 Å². The zero-order valence-electron chi connectivity index (χ0n) is 14.9. The second-order valence-electron chi connectivity index (χ2n) is 5.24. The fourth-order valence-electron chi connectivity index (χ4n) is 2.22. The summed E-state index contributed by atoms with van der Waals surface area (Å²) in [7, 11) is 4.42. The molecule has 0 saturated heterocycles. The lowest BCUT2D eigenvalue weighted by Crippen LogP contribution is -2.04. The number of hydrogen-bond donors (Lipinski definition) is 0. The zero-order chi connectivity index (χ0) is 18.9. The number of hydrogen-bond acceptors (Lipinski definition) is 6. The van der Waals surface area contributed by atoms with E-state index in [2.05, 4.69) is 4.74 Å². The fraction of sp³-hybridized carbons (Fsp3) is 0.200. The van der Waals surface area contributed by atoms with E-state index in [4.69, 9.17) is 14.2 Å². The Morgan fingerprint density at radius 3 is 2.50 bits per heavy atom. The largest absolute Gasteiger partial charge is 0.497 e. The number of methoxy groups -OCH3 is 3. The van der Waals surface area contributed by atoms with E-state index in [0.29, 0.717) is 22.6 Å². The van der Waals surface area contributed by atoms with Crippen LogP contribution in [0.25, 0.3) is 6.08 Å². The van der Waals surface area contributed by atoms with Crippen LogP contribution < -0.4 is 9.47 Å². The quantitative estimate of drug-likeness (QED) is 0.560. The summed E-state index contributed by atoms with van der Waals surface area (Å²) in [6, 6.07) is 12.0. The third-order valence-corrected chi connectivity index (χ3v) is 3.57. The summed E-state index contributed by atoms with van der Waals surface area (Å²) in [4.78, 5) is 23.4. The van der Waals surface area contributed by atoms with Gasteiger partial charge < -0.3 is 18.9 Å². The number of benzene rings is 2. The average molecular weight is 356 g/mol. The molecule has 0 spiro atoms. The Bertz CT molecular complexity index is 810. The summed E-state index contributed by atoms with van der Waals surface area (Å²) in [5.74, 6) is 0.294. The molecule has 0 atom stereocenters. The normalized spacial score (nSPS) is 10.4. The lowest BCUT2D eigenvalue weighted by molar-refractivity contribution is -0.138. The molecule has 0 N–H and O–H groups in total. The second-order valence-corrected chi connectivity index (χ2v) is 5.24. The summed E-state index contributed by atoms with van der Waals surface area (Å²) >= 11 is 0. The molecule has 0 aliphatic heterocycles. The van der Waals surface area contributed by atoms with Gasteiger partial charge in [-0.3, -0.25) is 0 Å². The van der Waals surface area contributed by atoms with Gasteiger partial charge in [-0.05, 0) is 35.9 Å². The van der Waals surface area contributed by atoms with Crippen molar-refractivity contribution in [2.24, 2.45) is 0 Å². The van der Waals surface area contributed by atoms with Crippen LogP contribution in [0.5, 0.6) is 11.5 Å². The predicted molar refractivity (Wildman–Crippen MR) is 96.2 cm³/mol. The molecule has 0 radical (unpaired) electrons. The third-order valence-electron chi connectivity index (χ3n) is 3.57. The maximum atomic E-state index is 11.9. The van der Waals surface area contributed by atoms with Gasteiger partial charge in [0.2, 0.25) is 0 Å². The van der Waals surface area contributed by atoms with Crippen molar-refractivity contribution in [3.05, 3.63) is 65.2 Å². The highest BCUT2D eigenvalue weighted by Gasteiger charge is 2.07. The average Bonchev–Trinajstić information content (AvgIpc) is 2.70. The molecule has 2 aromatic carbocycles. The van der Waals surface area contributed by atoms with E-state index in [-0.39, 0.29) is 6.61 Å². The van der Waals surface area contributed by atoms with Gasteiger partial charge in [0.05, 0.1) is 26.9 Å². The molecule has 2 aromatic rings. The van der Waals surface area contributed by atoms with Crippen LogP contribution in [0.3, 0.4) is 0 Å². The van der Waals surface area contributed by atoms with Gasteiger partial charge in [0, 0.05) is 17.7 Å². The van der Waals surface area contributed by atoms with E-state index >= 15 is 0 Å². The first kappa shape index (κ1) is 19.1. The van der Waals surface area contributed by atoms with Gasteiger partial charge in [0.25, 0.3) is 0 Å². The third kappa shape index (κ3) is 5.11. The number of rotatable bonds is 7. The van der Waals surface area contributed by atoms with Crippen LogP contribution >= 0.6 is 0 Å². The van der Waals surface area contributed by atoms with Gasteiger partial charge in [0.1, 0.15) is 18.1 Å². The van der Waals surface area contributed by atoms with Crippen LogP contribution in [0.2, 0.25) is 0 Å². The molecule has 0 aromatic heterocycles. The predicted octanol–water partition coefficient (Wildman–Crippen LogP) is 3.25. The van der Waals surface area contributed by atoms with E-state index in [1.807, 2.05) is 0 Å². The minimum Gasteiger partial charge on any atom is -0.497 e. The Kier molecular flexibility index (Phi) is 6.79. The Balaban J connectivity index is 1.99. The molecular weight excluding hydrogens is 336 g/mol. The van der Waals surface area contributed by atoms with Gasteiger partial charge >= 0.3 is 11.9 Å². The molecule has 0 aliphatic rings. The molecule has 0 amide bonds. The molecular formula is C20H20O6. The zero-order valence-corrected chi connectivity index (χ0v) is 14.9. The Hall–Kier alpha value is -3.28. The van der Waals surface area contributed by atoms with Gasteiger partial charge in [-0.2, -0.15) is 0 Å². The minimum atomic E-state index is -0.508. The first-order valence-corrected chi connectivity index (χ1v) is 7.81. The van der Waals surface area contributed by atoms with Crippen molar-refractivity contribution in [2.75, 3.05) is 21.3 Å². The molecule has 0 aliphatic carbocycles. The maximum Gasteiger partial charge on any atom is 0.337 e. The molecule has 0 fully saturated rings. The monoisotopic (exact) mass is 356 g/mol. The highest BCUT2D eigenvalue weighted by molar-refractivity contribution is 5.89. The minimum absolute atomic E-state index is 0.0494. The molecule has 26 heavy (non-hydrogen) atoms. The van der Waals surface area contributed by atoms with Crippen molar-refractivity contribution < 1.29 is 28.5 Å². The molecule has 0 saturated carbocycles. The second kappa shape index (κ2) is 9.27. The molecule has 6 heteroatoms. The van der Waals surface area contributed by atoms with Crippen LogP contribution in [0.1, 0.15) is 21.5 Å². The SMILES string of the molecule is COC(=O)c1cccc(COC(=O)/C=C/c2ccc(OC)cc2OC)c1. The van der Waals surface area contributed by atoms with E-state index in [1.165, 1.54) is 13.2 Å². The lowest BCUT2D eigenvalue weighted by Gasteiger charge is -2.07. The molecule has 6 nitrogen and oxygen atoms in total. The molecule has 2 rings (SSSR count). The number of carbonyl (C=O) groups is 2. The van der Waals surface area contributed by atoms with Crippen molar-refractivity contribution in [1.82, 2.24) is 0 Å². The standard InChI is InChI=1S/C20H20O6/c1-23-17-9-7-15(18(12-17)24-2)8-10-19(21)26-13-14-5-4-6-16(11-14)20(22)25-3/h4-12H,13H2,1-3H3/b10-8+. The first-order valence-electron chi connectivity index (χ1n) is 7.81. The van der Waals surface area contributed by atoms with Crippen LogP contribution in [-0.2, 0) is 20.9 Å². The number of esters is 2. The Morgan fingerprint density at radius 1 is 1.00 bits per heavy atom. The van der Waals surface area contributed by atoms with E-state index in [0.717, 1.165) is 5.56 Å². The van der Waals surface area contributed by atoms with E-state index in [1.54, 1.807) is 62.8 Å². The topological polar surface area (TPSA) is 71.1 Å². The summed E-state index contributed by atoms with van der Waals surface area (Å²) in [6.07, 6.45) is 2.92. The summed E-state index contributed by atoms with van der Waals surface area (Å²) in [5, 5.41) is 0. The van der Waals surface area contributed by atoms with E-state index in [9.17, 15) is 9.59 Å². The molecule has 0 bridgehead atoms. The van der Waals surface area contributed by atoms with E-state index < -0.39 is 11.9 Å². The highest BCUT2D eigenvalue weighted by Crippen LogP contribution is 2.25. The summed E-state index contributed by atoms with van der Waals surface area (Å²) in [5.41, 5.74) is 1.81. The molecule has 0 heterocycles. The first-order chi connectivity index (χ1) is 12.6. The highest BCUT2D eigenvalue weighted by atomic mass is 16.5. The lowest BCUT2D eigenvalue weighted by atomic mass is 10.1. The maximum absolute atomic E-state index is 11.9. The molecule has 0 unspecified atom stereocenters. The van der Waals surface area contributed by atoms with Crippen LogP contribution in [0.4, 0.5) is 0 Å². The van der Waals surface area contributed by atoms with Crippen molar-refractivity contribution in [2.45, 2.75) is 6.61 Å². The molecule has 136 valence electrons.